The molecule has 1 heterocycles. The predicted octanol–water partition coefficient (Wildman–Crippen LogP) is 3.80. The van der Waals surface area contributed by atoms with Gasteiger partial charge in [0.15, 0.2) is 0 Å². The van der Waals surface area contributed by atoms with Gasteiger partial charge in [0.05, 0.1) is 0 Å². The fraction of sp³-hybridized carbons (Fsp3) is 1.00. The second-order valence-electron chi connectivity index (χ2n) is 8.11. The van der Waals surface area contributed by atoms with Crippen LogP contribution in [0.2, 0.25) is 0 Å². The van der Waals surface area contributed by atoms with Gasteiger partial charge in [-0.2, -0.15) is 0 Å². The molecule has 0 aromatic heterocycles. The quantitative estimate of drug-likeness (QED) is 0.851. The van der Waals surface area contributed by atoms with E-state index in [4.69, 9.17) is 5.73 Å². The van der Waals surface area contributed by atoms with Gasteiger partial charge < -0.3 is 5.73 Å². The van der Waals surface area contributed by atoms with Crippen molar-refractivity contribution in [2.45, 2.75) is 77.2 Å². The van der Waals surface area contributed by atoms with Crippen LogP contribution in [0.1, 0.15) is 71.1 Å². The van der Waals surface area contributed by atoms with Gasteiger partial charge in [-0.1, -0.05) is 32.6 Å². The second-order valence-corrected chi connectivity index (χ2v) is 8.11. The molecule has 3 fully saturated rings. The molecular weight excluding hydrogens is 244 g/mol. The normalized spacial score (nSPS) is 43.2. The molecule has 0 radical (unpaired) electrons. The Labute approximate surface area is 125 Å². The van der Waals surface area contributed by atoms with E-state index < -0.39 is 0 Å². The number of fused-ring (bicyclic) bond motifs is 1. The molecule has 0 bridgehead atoms. The molecule has 0 amide bonds. The van der Waals surface area contributed by atoms with Gasteiger partial charge in [0.2, 0.25) is 0 Å². The number of hydrogen-bond donors (Lipinski definition) is 1. The fourth-order valence-corrected chi connectivity index (χ4v) is 5.16. The van der Waals surface area contributed by atoms with Crippen molar-refractivity contribution in [2.24, 2.45) is 23.0 Å². The van der Waals surface area contributed by atoms with E-state index >= 15 is 0 Å². The average molecular weight is 278 g/mol. The van der Waals surface area contributed by atoms with Gasteiger partial charge in [-0.15, -0.1) is 0 Å². The van der Waals surface area contributed by atoms with E-state index in [-0.39, 0.29) is 0 Å². The maximum atomic E-state index is 6.24. The molecule has 2 atom stereocenters. The third-order valence-corrected chi connectivity index (χ3v) is 6.66. The molecule has 20 heavy (non-hydrogen) atoms. The summed E-state index contributed by atoms with van der Waals surface area (Å²) in [5, 5.41) is 0. The standard InChI is InChI=1S/C18H34N2/c1-15-8-10-18(13-19,11-9-15)14-20-12-4-6-16-5-2-3-7-17(16)20/h15-17H,2-14,19H2,1H3. The van der Waals surface area contributed by atoms with Crippen molar-refractivity contribution in [3.05, 3.63) is 0 Å². The molecule has 1 aliphatic heterocycles. The van der Waals surface area contributed by atoms with Crippen molar-refractivity contribution < 1.29 is 0 Å². The van der Waals surface area contributed by atoms with E-state index in [1.807, 2.05) is 0 Å². The molecule has 2 nitrogen and oxygen atoms in total. The van der Waals surface area contributed by atoms with Crippen LogP contribution in [0.25, 0.3) is 0 Å². The van der Waals surface area contributed by atoms with Crippen molar-refractivity contribution >= 4 is 0 Å². The predicted molar refractivity (Wildman–Crippen MR) is 85.7 cm³/mol. The number of hydrogen-bond acceptors (Lipinski definition) is 2. The number of piperidine rings is 1. The van der Waals surface area contributed by atoms with Crippen LogP contribution < -0.4 is 5.73 Å². The third kappa shape index (κ3) is 3.06. The van der Waals surface area contributed by atoms with Crippen LogP contribution in [0.4, 0.5) is 0 Å². The third-order valence-electron chi connectivity index (χ3n) is 6.66. The number of rotatable bonds is 3. The number of nitrogens with zero attached hydrogens (tertiary/aromatic N) is 1. The largest absolute Gasteiger partial charge is 0.330 e. The first-order valence-electron chi connectivity index (χ1n) is 9.17. The van der Waals surface area contributed by atoms with Crippen molar-refractivity contribution in [2.75, 3.05) is 19.6 Å². The Hall–Kier alpha value is -0.0800. The zero-order valence-electron chi connectivity index (χ0n) is 13.4. The first-order chi connectivity index (χ1) is 9.72. The van der Waals surface area contributed by atoms with Crippen LogP contribution in [-0.2, 0) is 0 Å². The first-order valence-corrected chi connectivity index (χ1v) is 9.17. The number of likely N-dealkylation sites (tertiary alicyclic amines) is 1. The lowest BCUT2D eigenvalue weighted by Gasteiger charge is -2.49. The minimum absolute atomic E-state index is 0.450. The van der Waals surface area contributed by atoms with Gasteiger partial charge in [0.1, 0.15) is 0 Å². The molecule has 0 aromatic carbocycles. The Morgan fingerprint density at radius 2 is 1.70 bits per heavy atom. The molecule has 2 saturated carbocycles. The molecular formula is C18H34N2. The van der Waals surface area contributed by atoms with Gasteiger partial charge in [0, 0.05) is 12.6 Å². The molecule has 3 rings (SSSR count). The Kier molecular flexibility index (Phi) is 4.72. The average Bonchev–Trinajstić information content (AvgIpc) is 2.50. The van der Waals surface area contributed by atoms with Crippen molar-refractivity contribution in [3.63, 3.8) is 0 Å². The maximum absolute atomic E-state index is 6.24. The van der Waals surface area contributed by atoms with Gasteiger partial charge in [0.25, 0.3) is 0 Å². The zero-order valence-corrected chi connectivity index (χ0v) is 13.4. The van der Waals surface area contributed by atoms with E-state index in [1.54, 1.807) is 0 Å². The fourth-order valence-electron chi connectivity index (χ4n) is 5.16. The second kappa shape index (κ2) is 6.36. The summed E-state index contributed by atoms with van der Waals surface area (Å²) in [6.07, 6.45) is 14.4. The van der Waals surface area contributed by atoms with Crippen LogP contribution in [0.15, 0.2) is 0 Å². The van der Waals surface area contributed by atoms with Gasteiger partial charge in [-0.05, 0) is 68.9 Å². The van der Waals surface area contributed by atoms with Gasteiger partial charge in [-0.3, -0.25) is 4.90 Å². The SMILES string of the molecule is CC1CCC(CN)(CN2CCCC3CCCCC32)CC1. The van der Waals surface area contributed by atoms with Crippen LogP contribution in [0, 0.1) is 17.3 Å². The monoisotopic (exact) mass is 278 g/mol. The summed E-state index contributed by atoms with van der Waals surface area (Å²) < 4.78 is 0. The van der Waals surface area contributed by atoms with Crippen LogP contribution in [0.3, 0.4) is 0 Å². The van der Waals surface area contributed by atoms with E-state index in [2.05, 4.69) is 11.8 Å². The molecule has 2 aliphatic carbocycles. The Bertz CT molecular complexity index is 305. The van der Waals surface area contributed by atoms with E-state index in [0.717, 1.165) is 24.4 Å². The highest BCUT2D eigenvalue weighted by Gasteiger charge is 2.39. The maximum Gasteiger partial charge on any atom is 0.0124 e. The van der Waals surface area contributed by atoms with Gasteiger partial charge >= 0.3 is 0 Å². The Morgan fingerprint density at radius 1 is 1.00 bits per heavy atom. The van der Waals surface area contributed by atoms with E-state index in [0.29, 0.717) is 5.41 Å². The summed E-state index contributed by atoms with van der Waals surface area (Å²) in [5.41, 5.74) is 6.69. The molecule has 2 N–H and O–H groups in total. The van der Waals surface area contributed by atoms with Gasteiger partial charge in [-0.25, -0.2) is 0 Å². The molecule has 3 aliphatic rings. The highest BCUT2D eigenvalue weighted by atomic mass is 15.2. The summed E-state index contributed by atoms with van der Waals surface area (Å²) in [4.78, 5) is 2.87. The summed E-state index contributed by atoms with van der Waals surface area (Å²) in [7, 11) is 0. The molecule has 2 unspecified atom stereocenters. The first kappa shape index (κ1) is 14.8. The summed E-state index contributed by atoms with van der Waals surface area (Å²) >= 11 is 0. The topological polar surface area (TPSA) is 29.3 Å². The zero-order chi connectivity index (χ0) is 14.0. The summed E-state index contributed by atoms with van der Waals surface area (Å²) in [6, 6.07) is 0.903. The van der Waals surface area contributed by atoms with Crippen molar-refractivity contribution in [3.8, 4) is 0 Å². The lowest BCUT2D eigenvalue weighted by Crippen LogP contribution is -2.53. The molecule has 0 aromatic rings. The lowest BCUT2D eigenvalue weighted by atomic mass is 9.69. The molecule has 116 valence electrons. The molecule has 1 saturated heterocycles. The van der Waals surface area contributed by atoms with E-state index in [1.165, 1.54) is 77.3 Å². The van der Waals surface area contributed by atoms with Crippen LogP contribution >= 0.6 is 0 Å². The number of nitrogens with two attached hydrogens (primary N) is 1. The Morgan fingerprint density at radius 3 is 2.45 bits per heavy atom. The van der Waals surface area contributed by atoms with Crippen molar-refractivity contribution in [1.29, 1.82) is 0 Å². The minimum Gasteiger partial charge on any atom is -0.330 e. The van der Waals surface area contributed by atoms with E-state index in [9.17, 15) is 0 Å². The Balaban J connectivity index is 1.65. The lowest BCUT2D eigenvalue weighted by molar-refractivity contribution is 0.00893. The molecule has 0 spiro atoms. The summed E-state index contributed by atoms with van der Waals surface area (Å²) in [6.45, 7) is 5.97. The molecule has 2 heteroatoms. The highest BCUT2D eigenvalue weighted by Crippen LogP contribution is 2.42. The minimum atomic E-state index is 0.450. The smallest absolute Gasteiger partial charge is 0.0124 e. The highest BCUT2D eigenvalue weighted by molar-refractivity contribution is 4.94. The summed E-state index contributed by atoms with van der Waals surface area (Å²) in [5.74, 6) is 1.94. The van der Waals surface area contributed by atoms with Crippen LogP contribution in [-0.4, -0.2) is 30.6 Å². The van der Waals surface area contributed by atoms with Crippen molar-refractivity contribution in [1.82, 2.24) is 4.90 Å². The van der Waals surface area contributed by atoms with Crippen LogP contribution in [0.5, 0.6) is 0 Å².